The van der Waals surface area contributed by atoms with Crippen molar-refractivity contribution in [2.75, 3.05) is 7.11 Å². The lowest BCUT2D eigenvalue weighted by molar-refractivity contribution is 0.415. The Morgan fingerprint density at radius 3 is 2.64 bits per heavy atom. The second kappa shape index (κ2) is 5.11. The van der Waals surface area contributed by atoms with Crippen LogP contribution in [0, 0.1) is 6.92 Å². The van der Waals surface area contributed by atoms with Crippen molar-refractivity contribution in [2.24, 2.45) is 0 Å². The molecule has 0 N–H and O–H groups in total. The van der Waals surface area contributed by atoms with Crippen LogP contribution in [0.15, 0.2) is 46.9 Å². The van der Waals surface area contributed by atoms with Crippen LogP contribution in [-0.4, -0.2) is 16.5 Å². The number of imidazole rings is 1. The van der Waals surface area contributed by atoms with Crippen LogP contribution in [0.25, 0.3) is 26.4 Å². The highest BCUT2D eigenvalue weighted by Crippen LogP contribution is 2.34. The van der Waals surface area contributed by atoms with E-state index in [2.05, 4.69) is 51.5 Å². The zero-order valence-electron chi connectivity index (χ0n) is 12.1. The third kappa shape index (κ3) is 2.04. The molecule has 0 atom stereocenters. The second-order valence-electron chi connectivity index (χ2n) is 5.11. The van der Waals surface area contributed by atoms with Gasteiger partial charge in [0, 0.05) is 15.7 Å². The molecule has 0 fully saturated rings. The van der Waals surface area contributed by atoms with Gasteiger partial charge in [-0.15, -0.1) is 0 Å². The first-order valence-corrected chi connectivity index (χ1v) is 8.50. The van der Waals surface area contributed by atoms with Gasteiger partial charge in [-0.3, -0.25) is 4.40 Å². The van der Waals surface area contributed by atoms with Gasteiger partial charge < -0.3 is 4.74 Å². The molecule has 0 aliphatic rings. The maximum atomic E-state index is 5.30. The number of fused-ring (bicyclic) bond motifs is 3. The fourth-order valence-corrected chi connectivity index (χ4v) is 4.06. The van der Waals surface area contributed by atoms with Crippen molar-refractivity contribution in [3.05, 3.63) is 52.6 Å². The fourth-order valence-electron chi connectivity index (χ4n) is 2.70. The monoisotopic (exact) mass is 372 g/mol. The third-order valence-electron chi connectivity index (χ3n) is 3.80. The second-order valence-corrected chi connectivity index (χ2v) is 7.03. The van der Waals surface area contributed by atoms with E-state index in [-0.39, 0.29) is 0 Å². The van der Waals surface area contributed by atoms with Crippen LogP contribution in [0.1, 0.15) is 5.69 Å². The maximum absolute atomic E-state index is 5.30. The summed E-state index contributed by atoms with van der Waals surface area (Å²) in [6.45, 7) is 2.12. The first-order valence-electron chi connectivity index (χ1n) is 6.89. The van der Waals surface area contributed by atoms with Crippen LogP contribution in [0.5, 0.6) is 5.75 Å². The average molecular weight is 373 g/mol. The van der Waals surface area contributed by atoms with E-state index < -0.39 is 0 Å². The summed E-state index contributed by atoms with van der Waals surface area (Å²) in [5.41, 5.74) is 4.51. The molecule has 2 aromatic carbocycles. The van der Waals surface area contributed by atoms with Crippen LogP contribution in [0.2, 0.25) is 0 Å². The number of methoxy groups -OCH3 is 1. The van der Waals surface area contributed by atoms with Crippen LogP contribution < -0.4 is 4.74 Å². The summed E-state index contributed by atoms with van der Waals surface area (Å²) in [7, 11) is 1.69. The lowest BCUT2D eigenvalue weighted by Gasteiger charge is -2.02. The van der Waals surface area contributed by atoms with Gasteiger partial charge in [0.15, 0.2) is 4.96 Å². The number of benzene rings is 2. The Hall–Kier alpha value is -1.85. The summed E-state index contributed by atoms with van der Waals surface area (Å²) < 4.78 is 9.78. The van der Waals surface area contributed by atoms with E-state index in [1.807, 2.05) is 18.2 Å². The van der Waals surface area contributed by atoms with Gasteiger partial charge in [0.1, 0.15) is 5.75 Å². The molecule has 5 heteroatoms. The fraction of sp³-hybridized carbons (Fsp3) is 0.118. The number of aromatic nitrogens is 2. The van der Waals surface area contributed by atoms with Gasteiger partial charge in [0.25, 0.3) is 0 Å². The summed E-state index contributed by atoms with van der Waals surface area (Å²) in [6, 6.07) is 14.4. The topological polar surface area (TPSA) is 26.5 Å². The van der Waals surface area contributed by atoms with Crippen molar-refractivity contribution in [3.8, 4) is 17.0 Å². The molecule has 0 radical (unpaired) electrons. The number of nitrogens with zero attached hydrogens (tertiary/aromatic N) is 2. The molecular weight excluding hydrogens is 360 g/mol. The van der Waals surface area contributed by atoms with Crippen molar-refractivity contribution < 1.29 is 4.74 Å². The standard InChI is InChI=1S/C17H13BrN2OS/c1-10-16(11-3-5-12(18)6-4-11)19-17-20(10)14-8-7-13(21-2)9-15(14)22-17/h3-9H,1-2H3. The smallest absolute Gasteiger partial charge is 0.195 e. The Balaban J connectivity index is 1.96. The molecule has 0 amide bonds. The summed E-state index contributed by atoms with van der Waals surface area (Å²) in [6.07, 6.45) is 0. The normalized spacial score (nSPS) is 11.4. The van der Waals surface area contributed by atoms with E-state index in [0.29, 0.717) is 0 Å². The van der Waals surface area contributed by atoms with E-state index in [9.17, 15) is 0 Å². The largest absolute Gasteiger partial charge is 0.497 e. The molecule has 110 valence electrons. The highest BCUT2D eigenvalue weighted by Gasteiger charge is 2.15. The van der Waals surface area contributed by atoms with Gasteiger partial charge in [-0.1, -0.05) is 39.4 Å². The van der Waals surface area contributed by atoms with Crippen LogP contribution in [-0.2, 0) is 0 Å². The molecule has 22 heavy (non-hydrogen) atoms. The van der Waals surface area contributed by atoms with Crippen molar-refractivity contribution in [2.45, 2.75) is 6.92 Å². The van der Waals surface area contributed by atoms with E-state index in [4.69, 9.17) is 9.72 Å². The third-order valence-corrected chi connectivity index (χ3v) is 5.34. The molecule has 2 aromatic heterocycles. The molecule has 2 heterocycles. The van der Waals surface area contributed by atoms with E-state index in [1.54, 1.807) is 18.4 Å². The van der Waals surface area contributed by atoms with Crippen molar-refractivity contribution in [3.63, 3.8) is 0 Å². The molecule has 0 aliphatic heterocycles. The quantitative estimate of drug-likeness (QED) is 0.477. The lowest BCUT2D eigenvalue weighted by Crippen LogP contribution is -1.87. The van der Waals surface area contributed by atoms with E-state index >= 15 is 0 Å². The Labute approximate surface area is 140 Å². The van der Waals surface area contributed by atoms with Gasteiger partial charge in [-0.05, 0) is 37.3 Å². The molecular formula is C17H13BrN2OS. The number of hydrogen-bond acceptors (Lipinski definition) is 3. The van der Waals surface area contributed by atoms with Crippen LogP contribution in [0.3, 0.4) is 0 Å². The van der Waals surface area contributed by atoms with E-state index in [0.717, 1.165) is 32.1 Å². The molecule has 4 rings (SSSR count). The molecule has 0 spiro atoms. The van der Waals surface area contributed by atoms with Gasteiger partial charge in [0.05, 0.1) is 23.0 Å². The van der Waals surface area contributed by atoms with Gasteiger partial charge in [-0.2, -0.15) is 0 Å². The Kier molecular flexibility index (Phi) is 3.20. The summed E-state index contributed by atoms with van der Waals surface area (Å²) in [5, 5.41) is 0. The van der Waals surface area contributed by atoms with Crippen LogP contribution >= 0.6 is 27.3 Å². The summed E-state index contributed by atoms with van der Waals surface area (Å²) in [5.74, 6) is 0.878. The van der Waals surface area contributed by atoms with E-state index in [1.165, 1.54) is 10.2 Å². The Morgan fingerprint density at radius 2 is 1.91 bits per heavy atom. The molecule has 3 nitrogen and oxygen atoms in total. The number of hydrogen-bond donors (Lipinski definition) is 0. The lowest BCUT2D eigenvalue weighted by atomic mass is 10.1. The van der Waals surface area contributed by atoms with Gasteiger partial charge >= 0.3 is 0 Å². The number of rotatable bonds is 2. The summed E-state index contributed by atoms with van der Waals surface area (Å²) >= 11 is 5.16. The Morgan fingerprint density at radius 1 is 1.14 bits per heavy atom. The van der Waals surface area contributed by atoms with Gasteiger partial charge in [-0.25, -0.2) is 4.98 Å². The van der Waals surface area contributed by atoms with Crippen molar-refractivity contribution in [1.82, 2.24) is 9.38 Å². The van der Waals surface area contributed by atoms with Crippen molar-refractivity contribution in [1.29, 1.82) is 0 Å². The SMILES string of the molecule is COc1ccc2c(c1)sc1nc(-c3ccc(Br)cc3)c(C)n12. The minimum absolute atomic E-state index is 0.878. The highest BCUT2D eigenvalue weighted by molar-refractivity contribution is 9.10. The van der Waals surface area contributed by atoms with Gasteiger partial charge in [0.2, 0.25) is 0 Å². The van der Waals surface area contributed by atoms with Crippen LogP contribution in [0.4, 0.5) is 0 Å². The Bertz CT molecular complexity index is 985. The maximum Gasteiger partial charge on any atom is 0.195 e. The molecule has 0 aliphatic carbocycles. The minimum Gasteiger partial charge on any atom is -0.497 e. The number of halogens is 1. The predicted octanol–water partition coefficient (Wildman–Crippen LogP) is 5.30. The number of aryl methyl sites for hydroxylation is 1. The van der Waals surface area contributed by atoms with Crippen molar-refractivity contribution >= 4 is 42.4 Å². The minimum atomic E-state index is 0.878. The predicted molar refractivity (Wildman–Crippen MR) is 95.0 cm³/mol. The number of thiazole rings is 1. The zero-order valence-corrected chi connectivity index (χ0v) is 14.5. The average Bonchev–Trinajstić information content (AvgIpc) is 3.04. The highest BCUT2D eigenvalue weighted by atomic mass is 79.9. The molecule has 0 saturated heterocycles. The first kappa shape index (κ1) is 13.8. The molecule has 0 unspecified atom stereocenters. The first-order chi connectivity index (χ1) is 10.7. The molecule has 0 bridgehead atoms. The molecule has 0 saturated carbocycles. The number of ether oxygens (including phenoxy) is 1. The summed E-state index contributed by atoms with van der Waals surface area (Å²) in [4.78, 5) is 5.84. The zero-order chi connectivity index (χ0) is 15.3. The molecule has 4 aromatic rings.